The van der Waals surface area contributed by atoms with Gasteiger partial charge in [-0.1, -0.05) is 18.2 Å². The maximum atomic E-state index is 11.4. The Hall–Kier alpha value is -0.950. The molecule has 1 aromatic carbocycles. The number of thiocarbonyl (C=S) groups is 1. The molecule has 1 saturated heterocycles. The van der Waals surface area contributed by atoms with Crippen molar-refractivity contribution in [1.82, 2.24) is 10.6 Å². The Morgan fingerprint density at radius 2 is 2.00 bits per heavy atom. The van der Waals surface area contributed by atoms with Gasteiger partial charge in [-0.25, -0.2) is 0 Å². The van der Waals surface area contributed by atoms with Crippen molar-refractivity contribution >= 4 is 51.9 Å². The normalized spacial score (nSPS) is 17.8. The summed E-state index contributed by atoms with van der Waals surface area (Å²) in [5, 5.41) is 5.68. The summed E-state index contributed by atoms with van der Waals surface area (Å²) in [6.45, 7) is 0. The van der Waals surface area contributed by atoms with Crippen molar-refractivity contribution in [2.75, 3.05) is 0 Å². The lowest BCUT2D eigenvalue weighted by molar-refractivity contribution is -0.115. The molecule has 0 radical (unpaired) electrons. The first-order chi connectivity index (χ1) is 7.16. The number of hydrogen-bond donors (Lipinski definition) is 2. The Balaban J connectivity index is 2.35. The second kappa shape index (κ2) is 4.28. The van der Waals surface area contributed by atoms with Crippen molar-refractivity contribution in [3.8, 4) is 0 Å². The Kier molecular flexibility index (Phi) is 3.01. The molecule has 2 N–H and O–H groups in total. The summed E-state index contributed by atoms with van der Waals surface area (Å²) < 4.78 is 1.09. The zero-order chi connectivity index (χ0) is 10.8. The molecule has 2 rings (SSSR count). The van der Waals surface area contributed by atoms with Gasteiger partial charge in [-0.2, -0.15) is 0 Å². The van der Waals surface area contributed by atoms with Gasteiger partial charge in [-0.15, -0.1) is 0 Å². The second-order valence-corrected chi connectivity index (χ2v) is 4.56. The molecule has 5 heteroatoms. The third kappa shape index (κ3) is 2.35. The van der Waals surface area contributed by atoms with Gasteiger partial charge in [0.1, 0.15) is 5.70 Å². The number of halogens is 1. The molecule has 0 atom stereocenters. The fraction of sp³-hybridized carbons (Fsp3) is 0. The highest BCUT2D eigenvalue weighted by Gasteiger charge is 2.19. The predicted molar refractivity (Wildman–Crippen MR) is 71.0 cm³/mol. The first-order valence-corrected chi connectivity index (χ1v) is 5.74. The Morgan fingerprint density at radius 3 is 2.60 bits per heavy atom. The van der Waals surface area contributed by atoms with Crippen LogP contribution in [0.4, 0.5) is 0 Å². The van der Waals surface area contributed by atoms with Crippen LogP contribution in [0.15, 0.2) is 30.0 Å². The average Bonchev–Trinajstić information content (AvgIpc) is 2.49. The van der Waals surface area contributed by atoms with E-state index in [1.807, 2.05) is 24.3 Å². The minimum Gasteiger partial charge on any atom is -0.328 e. The van der Waals surface area contributed by atoms with E-state index < -0.39 is 0 Å². The molecule has 0 aliphatic carbocycles. The molecule has 1 amide bonds. The standard InChI is InChI=1S/C10H7IN2OS/c11-7-4-2-1-3-6(7)5-8-9(14)13-10(15)12-8/h1-5H,(H2,12,13,14,15). The highest BCUT2D eigenvalue weighted by Crippen LogP contribution is 2.15. The van der Waals surface area contributed by atoms with Gasteiger partial charge in [-0.05, 0) is 52.5 Å². The maximum absolute atomic E-state index is 11.4. The largest absolute Gasteiger partial charge is 0.328 e. The summed E-state index contributed by atoms with van der Waals surface area (Å²) in [6.07, 6.45) is 1.79. The minimum atomic E-state index is -0.181. The molecular weight excluding hydrogens is 323 g/mol. The van der Waals surface area contributed by atoms with Gasteiger partial charge < -0.3 is 5.32 Å². The quantitative estimate of drug-likeness (QED) is 0.467. The number of rotatable bonds is 1. The van der Waals surface area contributed by atoms with Gasteiger partial charge in [0.2, 0.25) is 0 Å². The number of carbonyl (C=O) groups is 1. The molecule has 0 saturated carbocycles. The van der Waals surface area contributed by atoms with Crippen molar-refractivity contribution in [2.24, 2.45) is 0 Å². The monoisotopic (exact) mass is 330 g/mol. The predicted octanol–water partition coefficient (Wildman–Crippen LogP) is 1.64. The van der Waals surface area contributed by atoms with Crippen LogP contribution in [-0.2, 0) is 4.79 Å². The second-order valence-electron chi connectivity index (χ2n) is 2.99. The van der Waals surface area contributed by atoms with Crippen LogP contribution in [0.3, 0.4) is 0 Å². The Bertz CT molecular complexity index is 470. The minimum absolute atomic E-state index is 0.181. The number of carbonyl (C=O) groups excluding carboxylic acids is 1. The van der Waals surface area contributed by atoms with E-state index in [-0.39, 0.29) is 5.91 Å². The number of amides is 1. The van der Waals surface area contributed by atoms with Gasteiger partial charge in [0.05, 0.1) is 0 Å². The highest BCUT2D eigenvalue weighted by molar-refractivity contribution is 14.1. The Morgan fingerprint density at radius 1 is 1.27 bits per heavy atom. The third-order valence-electron chi connectivity index (χ3n) is 1.92. The van der Waals surface area contributed by atoms with Crippen LogP contribution in [0.2, 0.25) is 0 Å². The summed E-state index contributed by atoms with van der Waals surface area (Å²) in [6, 6.07) is 7.82. The van der Waals surface area contributed by atoms with E-state index in [0.717, 1.165) is 9.13 Å². The van der Waals surface area contributed by atoms with Crippen LogP contribution in [-0.4, -0.2) is 11.0 Å². The van der Waals surface area contributed by atoms with E-state index in [4.69, 9.17) is 12.2 Å². The molecule has 0 aromatic heterocycles. The topological polar surface area (TPSA) is 41.1 Å². The molecule has 15 heavy (non-hydrogen) atoms. The van der Waals surface area contributed by atoms with E-state index in [1.165, 1.54) is 0 Å². The lowest BCUT2D eigenvalue weighted by Crippen LogP contribution is -2.21. The first-order valence-electron chi connectivity index (χ1n) is 4.25. The molecule has 1 fully saturated rings. The fourth-order valence-electron chi connectivity index (χ4n) is 1.23. The van der Waals surface area contributed by atoms with Crippen molar-refractivity contribution in [1.29, 1.82) is 0 Å². The smallest absolute Gasteiger partial charge is 0.273 e. The molecule has 3 nitrogen and oxygen atoms in total. The van der Waals surface area contributed by atoms with E-state index in [0.29, 0.717) is 10.8 Å². The SMILES string of the molecule is O=C1NC(=S)NC1=Cc1ccccc1I. The summed E-state index contributed by atoms with van der Waals surface area (Å²) in [4.78, 5) is 11.4. The number of benzene rings is 1. The van der Waals surface area contributed by atoms with Crippen LogP contribution < -0.4 is 10.6 Å². The van der Waals surface area contributed by atoms with Gasteiger partial charge in [0.25, 0.3) is 5.91 Å². The summed E-state index contributed by atoms with van der Waals surface area (Å²) >= 11 is 7.06. The zero-order valence-corrected chi connectivity index (χ0v) is 10.6. The molecular formula is C10H7IN2OS. The van der Waals surface area contributed by atoms with Crippen LogP contribution in [0.5, 0.6) is 0 Å². The molecule has 1 aromatic rings. The first kappa shape index (κ1) is 10.6. The van der Waals surface area contributed by atoms with Crippen LogP contribution in [0, 0.1) is 3.57 Å². The molecule has 76 valence electrons. The fourth-order valence-corrected chi connectivity index (χ4v) is 1.98. The van der Waals surface area contributed by atoms with Crippen molar-refractivity contribution in [3.63, 3.8) is 0 Å². The van der Waals surface area contributed by atoms with Gasteiger partial charge >= 0.3 is 0 Å². The van der Waals surface area contributed by atoms with Crippen LogP contribution in [0.1, 0.15) is 5.56 Å². The van der Waals surface area contributed by atoms with Crippen LogP contribution in [0.25, 0.3) is 6.08 Å². The van der Waals surface area contributed by atoms with Crippen LogP contribution >= 0.6 is 34.8 Å². The molecule has 1 aliphatic rings. The van der Waals surface area contributed by atoms with Gasteiger partial charge in [-0.3, -0.25) is 10.1 Å². The van der Waals surface area contributed by atoms with Gasteiger partial charge in [0.15, 0.2) is 5.11 Å². The van der Waals surface area contributed by atoms with Gasteiger partial charge in [0, 0.05) is 3.57 Å². The number of hydrogen-bond acceptors (Lipinski definition) is 2. The van der Waals surface area contributed by atoms with E-state index in [1.54, 1.807) is 6.08 Å². The molecule has 0 spiro atoms. The lowest BCUT2D eigenvalue weighted by Gasteiger charge is -1.98. The van der Waals surface area contributed by atoms with E-state index in [9.17, 15) is 4.79 Å². The lowest BCUT2D eigenvalue weighted by atomic mass is 10.2. The van der Waals surface area contributed by atoms with Crippen molar-refractivity contribution in [3.05, 3.63) is 39.1 Å². The van der Waals surface area contributed by atoms with E-state index >= 15 is 0 Å². The molecule has 1 aliphatic heterocycles. The number of nitrogens with one attached hydrogen (secondary N) is 2. The summed E-state index contributed by atoms with van der Waals surface area (Å²) in [7, 11) is 0. The van der Waals surface area contributed by atoms with Crippen molar-refractivity contribution in [2.45, 2.75) is 0 Å². The zero-order valence-electron chi connectivity index (χ0n) is 7.58. The summed E-state index contributed by atoms with van der Waals surface area (Å²) in [5.41, 5.74) is 1.49. The molecule has 0 bridgehead atoms. The van der Waals surface area contributed by atoms with E-state index in [2.05, 4.69) is 33.2 Å². The van der Waals surface area contributed by atoms with Crippen molar-refractivity contribution < 1.29 is 4.79 Å². The third-order valence-corrected chi connectivity index (χ3v) is 3.11. The maximum Gasteiger partial charge on any atom is 0.273 e. The Labute approximate surface area is 106 Å². The summed E-state index contributed by atoms with van der Waals surface area (Å²) in [5.74, 6) is -0.181. The highest BCUT2D eigenvalue weighted by atomic mass is 127. The molecule has 0 unspecified atom stereocenters. The average molecular weight is 330 g/mol. The molecule has 1 heterocycles.